The molecule has 0 unspecified atom stereocenters. The second kappa shape index (κ2) is 7.59. The predicted molar refractivity (Wildman–Crippen MR) is 103 cm³/mol. The molecule has 0 fully saturated rings. The molecule has 0 aliphatic rings. The summed E-state index contributed by atoms with van der Waals surface area (Å²) in [5.74, 6) is 1.95. The lowest BCUT2D eigenvalue weighted by Crippen LogP contribution is -2.02. The molecule has 0 saturated heterocycles. The van der Waals surface area contributed by atoms with Crippen molar-refractivity contribution in [3.63, 3.8) is 0 Å². The Morgan fingerprint density at radius 2 is 1.56 bits per heavy atom. The quantitative estimate of drug-likeness (QED) is 0.609. The Kier molecular flexibility index (Phi) is 5.26. The number of nitrogens with zero attached hydrogens (tertiary/aromatic N) is 2. The highest BCUT2D eigenvalue weighted by molar-refractivity contribution is 6.42. The monoisotopic (exact) mass is 374 g/mol. The van der Waals surface area contributed by atoms with Crippen molar-refractivity contribution in [2.24, 2.45) is 0 Å². The van der Waals surface area contributed by atoms with E-state index in [4.69, 9.17) is 27.9 Å². The lowest BCUT2D eigenvalue weighted by molar-refractivity contribution is 0.415. The van der Waals surface area contributed by atoms with Crippen LogP contribution in [-0.2, 0) is 0 Å². The largest absolute Gasteiger partial charge is 0.497 e. The van der Waals surface area contributed by atoms with Crippen LogP contribution in [0.15, 0.2) is 48.5 Å². The van der Waals surface area contributed by atoms with Crippen molar-refractivity contribution in [2.75, 3.05) is 17.7 Å². The Morgan fingerprint density at radius 1 is 0.840 bits per heavy atom. The molecule has 3 aromatic rings. The Hall–Kier alpha value is -2.50. The lowest BCUT2D eigenvalue weighted by atomic mass is 10.3. The van der Waals surface area contributed by atoms with Crippen LogP contribution < -0.4 is 15.4 Å². The van der Waals surface area contributed by atoms with Crippen molar-refractivity contribution in [3.05, 3.63) is 64.3 Å². The number of halogens is 2. The van der Waals surface area contributed by atoms with Crippen LogP contribution in [0, 0.1) is 6.92 Å². The van der Waals surface area contributed by atoms with Crippen LogP contribution in [0.2, 0.25) is 10.0 Å². The fourth-order valence-corrected chi connectivity index (χ4v) is 2.51. The topological polar surface area (TPSA) is 59.1 Å². The molecule has 5 nitrogen and oxygen atoms in total. The van der Waals surface area contributed by atoms with Gasteiger partial charge in [0.2, 0.25) is 5.95 Å². The van der Waals surface area contributed by atoms with Crippen LogP contribution in [0.3, 0.4) is 0 Å². The van der Waals surface area contributed by atoms with Gasteiger partial charge in [-0.1, -0.05) is 23.2 Å². The number of anilines is 4. The van der Waals surface area contributed by atoms with Crippen LogP contribution in [-0.4, -0.2) is 17.1 Å². The molecule has 1 heterocycles. The maximum absolute atomic E-state index is 6.04. The molecular weight excluding hydrogens is 359 g/mol. The van der Waals surface area contributed by atoms with E-state index >= 15 is 0 Å². The number of hydrogen-bond donors (Lipinski definition) is 2. The number of hydrogen-bond acceptors (Lipinski definition) is 5. The summed E-state index contributed by atoms with van der Waals surface area (Å²) in [5.41, 5.74) is 2.49. The number of benzene rings is 2. The maximum Gasteiger partial charge on any atom is 0.229 e. The highest BCUT2D eigenvalue weighted by atomic mass is 35.5. The van der Waals surface area contributed by atoms with Gasteiger partial charge in [-0.2, -0.15) is 4.98 Å². The molecule has 0 amide bonds. The normalized spacial score (nSPS) is 10.4. The van der Waals surface area contributed by atoms with Crippen LogP contribution >= 0.6 is 23.2 Å². The third-order valence-electron chi connectivity index (χ3n) is 3.39. The first kappa shape index (κ1) is 17.3. The molecule has 2 aromatic carbocycles. The third kappa shape index (κ3) is 4.53. The molecule has 0 radical (unpaired) electrons. The number of nitrogens with one attached hydrogen (secondary N) is 2. The molecule has 0 aliphatic heterocycles. The SMILES string of the molecule is COc1ccc(Nc2cc(C)nc(Nc3ccc(Cl)c(Cl)c3)n2)cc1. The summed E-state index contributed by atoms with van der Waals surface area (Å²) in [6.07, 6.45) is 0. The average Bonchev–Trinajstić information content (AvgIpc) is 2.58. The molecule has 0 saturated carbocycles. The van der Waals surface area contributed by atoms with Crippen molar-refractivity contribution < 1.29 is 4.74 Å². The minimum Gasteiger partial charge on any atom is -0.497 e. The summed E-state index contributed by atoms with van der Waals surface area (Å²) in [6, 6.07) is 14.7. The second-order valence-corrected chi connectivity index (χ2v) is 6.14. The van der Waals surface area contributed by atoms with Gasteiger partial charge in [0.1, 0.15) is 11.6 Å². The molecule has 128 valence electrons. The van der Waals surface area contributed by atoms with Gasteiger partial charge in [-0.3, -0.25) is 0 Å². The summed E-state index contributed by atoms with van der Waals surface area (Å²) in [7, 11) is 1.64. The standard InChI is InChI=1S/C18H16Cl2N4O/c1-11-9-17(22-12-3-6-14(25-2)7-4-12)24-18(21-11)23-13-5-8-15(19)16(20)10-13/h3-10H,1-2H3,(H2,21,22,23,24). The summed E-state index contributed by atoms with van der Waals surface area (Å²) in [5, 5.41) is 7.35. The van der Waals surface area contributed by atoms with E-state index in [0.717, 1.165) is 22.8 Å². The zero-order chi connectivity index (χ0) is 17.8. The molecule has 0 bridgehead atoms. The van der Waals surface area contributed by atoms with E-state index < -0.39 is 0 Å². The first-order valence-electron chi connectivity index (χ1n) is 7.52. The Morgan fingerprint density at radius 3 is 2.24 bits per heavy atom. The number of aryl methyl sites for hydroxylation is 1. The van der Waals surface area contributed by atoms with E-state index in [1.807, 2.05) is 43.3 Å². The molecule has 0 aliphatic carbocycles. The maximum atomic E-state index is 6.04. The van der Waals surface area contributed by atoms with Gasteiger partial charge in [-0.15, -0.1) is 0 Å². The smallest absolute Gasteiger partial charge is 0.229 e. The third-order valence-corrected chi connectivity index (χ3v) is 4.13. The van der Waals surface area contributed by atoms with E-state index in [0.29, 0.717) is 21.8 Å². The van der Waals surface area contributed by atoms with Gasteiger partial charge in [-0.25, -0.2) is 4.98 Å². The zero-order valence-corrected chi connectivity index (χ0v) is 15.2. The molecule has 0 spiro atoms. The van der Waals surface area contributed by atoms with Crippen molar-refractivity contribution in [2.45, 2.75) is 6.92 Å². The van der Waals surface area contributed by atoms with Gasteiger partial charge >= 0.3 is 0 Å². The molecular formula is C18H16Cl2N4O. The van der Waals surface area contributed by atoms with E-state index in [1.54, 1.807) is 19.2 Å². The van der Waals surface area contributed by atoms with Gasteiger partial charge in [0.05, 0.1) is 17.2 Å². The number of methoxy groups -OCH3 is 1. The Bertz CT molecular complexity index is 885. The fourth-order valence-electron chi connectivity index (χ4n) is 2.21. The van der Waals surface area contributed by atoms with Crippen molar-refractivity contribution >= 4 is 46.3 Å². The van der Waals surface area contributed by atoms with Gasteiger partial charge in [0, 0.05) is 23.1 Å². The van der Waals surface area contributed by atoms with Gasteiger partial charge in [0.15, 0.2) is 0 Å². The van der Waals surface area contributed by atoms with Gasteiger partial charge in [-0.05, 0) is 49.4 Å². The average molecular weight is 375 g/mol. The Labute approximate surface area is 156 Å². The summed E-state index contributed by atoms with van der Waals surface area (Å²) in [6.45, 7) is 1.90. The fraction of sp³-hybridized carbons (Fsp3) is 0.111. The van der Waals surface area contributed by atoms with Crippen molar-refractivity contribution in [3.8, 4) is 5.75 Å². The highest BCUT2D eigenvalue weighted by Crippen LogP contribution is 2.27. The number of rotatable bonds is 5. The van der Waals surface area contributed by atoms with E-state index in [9.17, 15) is 0 Å². The van der Waals surface area contributed by atoms with Crippen LogP contribution in [0.4, 0.5) is 23.1 Å². The summed E-state index contributed by atoms with van der Waals surface area (Å²) < 4.78 is 5.16. The van der Waals surface area contributed by atoms with E-state index in [1.165, 1.54) is 0 Å². The van der Waals surface area contributed by atoms with Gasteiger partial charge < -0.3 is 15.4 Å². The number of aromatic nitrogens is 2. The predicted octanol–water partition coefficient (Wildman–Crippen LogP) is 5.59. The summed E-state index contributed by atoms with van der Waals surface area (Å²) in [4.78, 5) is 8.87. The first-order valence-corrected chi connectivity index (χ1v) is 8.28. The minimum absolute atomic E-state index is 0.467. The van der Waals surface area contributed by atoms with Gasteiger partial charge in [0.25, 0.3) is 0 Å². The minimum atomic E-state index is 0.467. The molecule has 25 heavy (non-hydrogen) atoms. The highest BCUT2D eigenvalue weighted by Gasteiger charge is 2.05. The molecule has 1 aromatic heterocycles. The van der Waals surface area contributed by atoms with Crippen LogP contribution in [0.25, 0.3) is 0 Å². The van der Waals surface area contributed by atoms with Crippen LogP contribution in [0.1, 0.15) is 5.69 Å². The lowest BCUT2D eigenvalue weighted by Gasteiger charge is -2.11. The van der Waals surface area contributed by atoms with Crippen LogP contribution in [0.5, 0.6) is 5.75 Å². The van der Waals surface area contributed by atoms with E-state index in [2.05, 4.69) is 20.6 Å². The molecule has 0 atom stereocenters. The summed E-state index contributed by atoms with van der Waals surface area (Å²) >= 11 is 12.0. The number of ether oxygens (including phenoxy) is 1. The first-order chi connectivity index (χ1) is 12.0. The molecule has 2 N–H and O–H groups in total. The Balaban J connectivity index is 1.80. The zero-order valence-electron chi connectivity index (χ0n) is 13.7. The molecule has 3 rings (SSSR count). The molecule has 7 heteroatoms. The van der Waals surface area contributed by atoms with Crippen molar-refractivity contribution in [1.29, 1.82) is 0 Å². The van der Waals surface area contributed by atoms with Crippen molar-refractivity contribution in [1.82, 2.24) is 9.97 Å². The van der Waals surface area contributed by atoms with E-state index in [-0.39, 0.29) is 0 Å². The second-order valence-electron chi connectivity index (χ2n) is 5.33.